The molecule has 0 spiro atoms. The molecule has 63 heavy (non-hydrogen) atoms. The summed E-state index contributed by atoms with van der Waals surface area (Å²) in [5.74, 6) is -5.65. The lowest BCUT2D eigenvalue weighted by Gasteiger charge is -2.47. The van der Waals surface area contributed by atoms with Crippen LogP contribution >= 0.6 is 11.3 Å². The molecule has 2 amide bonds. The number of ether oxygens (including phenoxy) is 5. The number of aromatic nitrogens is 1. The Kier molecular flexibility index (Phi) is 15.4. The predicted octanol–water partition coefficient (Wildman–Crippen LogP) is 4.24. The highest BCUT2D eigenvalue weighted by Gasteiger charge is 2.53. The molecule has 346 valence electrons. The summed E-state index contributed by atoms with van der Waals surface area (Å²) in [6, 6.07) is 8.25. The van der Waals surface area contributed by atoms with E-state index in [0.29, 0.717) is 27.7 Å². The topological polar surface area (TPSA) is 217 Å². The zero-order chi connectivity index (χ0) is 46.0. The van der Waals surface area contributed by atoms with E-state index >= 15 is 0 Å². The lowest BCUT2D eigenvalue weighted by atomic mass is 9.73. The van der Waals surface area contributed by atoms with E-state index in [-0.39, 0.29) is 56.2 Å². The van der Waals surface area contributed by atoms with Gasteiger partial charge in [-0.3, -0.25) is 19.2 Å². The van der Waals surface area contributed by atoms with Crippen LogP contribution in [0.1, 0.15) is 89.2 Å². The van der Waals surface area contributed by atoms with Crippen molar-refractivity contribution < 1.29 is 57.9 Å². The van der Waals surface area contributed by atoms with Gasteiger partial charge in [0.05, 0.1) is 42.0 Å². The molecule has 3 fully saturated rings. The molecular weight excluding hydrogens is 835 g/mol. The van der Waals surface area contributed by atoms with Crippen LogP contribution in [-0.2, 0) is 49.3 Å². The van der Waals surface area contributed by atoms with Crippen molar-refractivity contribution in [1.29, 1.82) is 0 Å². The van der Waals surface area contributed by atoms with Gasteiger partial charge in [0.15, 0.2) is 12.1 Å². The van der Waals surface area contributed by atoms with Gasteiger partial charge in [-0.25, -0.2) is 9.98 Å². The largest absolute Gasteiger partial charge is 0.459 e. The fourth-order valence-corrected chi connectivity index (χ4v) is 10.3. The van der Waals surface area contributed by atoms with Crippen molar-refractivity contribution in [2.24, 2.45) is 33.8 Å². The first-order valence-electron chi connectivity index (χ1n) is 21.8. The number of esters is 1. The number of nitrogens with zero attached hydrogens (tertiary/aromatic N) is 4. The number of carbonyl (C=O) groups is 4. The SMILES string of the molecule is CC[C@H]1OC(=O)[C@H](C)C(=O)[C@H](C)[C@@H](O[C@@H]2O[C@H](C)C[C@H](N(C)C)[C@H]2O)[C@@]2(C)C[C@@H](C)C3=NC(=O)C(Cc4ccc(C(=O)Nc5ccccn5)s4)O/N=C(/CO[C@H]([C@H]3C)[C@]1(C)O)CO2. The van der Waals surface area contributed by atoms with Gasteiger partial charge in [0.25, 0.3) is 11.8 Å². The average Bonchev–Trinajstić information content (AvgIpc) is 3.71. The number of fused-ring (bicyclic) bond motifs is 4. The van der Waals surface area contributed by atoms with Gasteiger partial charge < -0.3 is 49.0 Å². The second kappa shape index (κ2) is 20.0. The molecule has 6 rings (SSSR count). The Labute approximate surface area is 372 Å². The second-order valence-electron chi connectivity index (χ2n) is 18.1. The molecule has 3 N–H and O–H groups in total. The fraction of sp³-hybridized carbons (Fsp3) is 0.667. The van der Waals surface area contributed by atoms with E-state index in [2.05, 4.69) is 15.5 Å². The summed E-state index contributed by atoms with van der Waals surface area (Å²) in [6.45, 7) is 13.2. The molecule has 0 aliphatic carbocycles. The Bertz CT molecular complexity index is 2030. The first-order valence-corrected chi connectivity index (χ1v) is 22.6. The zero-order valence-corrected chi connectivity index (χ0v) is 38.6. The van der Waals surface area contributed by atoms with Gasteiger partial charge in [0, 0.05) is 41.1 Å². The molecule has 4 aliphatic rings. The maximum Gasteiger partial charge on any atom is 0.316 e. The summed E-state index contributed by atoms with van der Waals surface area (Å²) in [7, 11) is 3.72. The molecule has 2 aromatic heterocycles. The van der Waals surface area contributed by atoms with Gasteiger partial charge in [-0.1, -0.05) is 38.9 Å². The number of rotatable bonds is 8. The Morgan fingerprint density at radius 1 is 1.05 bits per heavy atom. The number of aliphatic imine (C=N–C) groups is 1. The summed E-state index contributed by atoms with van der Waals surface area (Å²) in [6.07, 6.45) is -4.85. The van der Waals surface area contributed by atoms with Gasteiger partial charge in [-0.05, 0) is 91.2 Å². The van der Waals surface area contributed by atoms with Crippen molar-refractivity contribution in [2.75, 3.05) is 32.6 Å². The number of carbonyl (C=O) groups excluding carboxylic acids is 4. The zero-order valence-electron chi connectivity index (χ0n) is 37.8. The third-order valence-corrected chi connectivity index (χ3v) is 13.9. The minimum absolute atomic E-state index is 0.0227. The Morgan fingerprint density at radius 2 is 1.79 bits per heavy atom. The number of amides is 2. The van der Waals surface area contributed by atoms with E-state index in [4.69, 9.17) is 33.5 Å². The number of ketones is 1. The molecule has 2 aromatic rings. The number of hydrogen-bond acceptors (Lipinski definition) is 16. The number of Topliss-reactive ketones (excluding diaryl/α,β-unsaturated/α-hetero) is 1. The summed E-state index contributed by atoms with van der Waals surface area (Å²) in [5, 5.41) is 31.3. The van der Waals surface area contributed by atoms with Crippen molar-refractivity contribution in [1.82, 2.24) is 9.88 Å². The standard InChI is InChI=1S/C45H63N5O12S/c1-11-33-45(8,56)39-25(4)35-23(2)20-44(7,38(26(5)36(51)27(6)42(55)60-33)61-43-37(52)30(50(9)10)18-24(3)59-43)58-22-28(21-57-39)49-62-31(40(53)48-35)19-29-15-16-32(63-29)41(54)47-34-14-12-13-17-46-34/h12-17,23-27,30-31,33,37-39,43,52,56H,11,18-22H2,1-10H3,(H,46,47,54)/b48-35?,49-28-/t23-,24-,25+,26+,27-,30+,31?,33-,37-,38-,39-,43+,44-,45-/m1/s1. The highest BCUT2D eigenvalue weighted by Crippen LogP contribution is 2.40. The lowest BCUT2D eigenvalue weighted by molar-refractivity contribution is -0.296. The van der Waals surface area contributed by atoms with Crippen molar-refractivity contribution in [3.05, 3.63) is 46.3 Å². The minimum atomic E-state index is -1.87. The first-order chi connectivity index (χ1) is 29.7. The van der Waals surface area contributed by atoms with E-state index in [9.17, 15) is 29.4 Å². The van der Waals surface area contributed by atoms with Crippen LogP contribution in [0.25, 0.3) is 0 Å². The van der Waals surface area contributed by atoms with E-state index < -0.39 is 89.3 Å². The number of nitrogens with one attached hydrogen (secondary N) is 1. The van der Waals surface area contributed by atoms with Crippen LogP contribution in [0.3, 0.4) is 0 Å². The number of cyclic esters (lactones) is 1. The number of anilines is 1. The predicted molar refractivity (Wildman–Crippen MR) is 233 cm³/mol. The van der Waals surface area contributed by atoms with E-state index in [1.165, 1.54) is 25.2 Å². The van der Waals surface area contributed by atoms with Gasteiger partial charge >= 0.3 is 5.97 Å². The lowest BCUT2D eigenvalue weighted by Crippen LogP contribution is -2.60. The molecular formula is C45H63N5O12S. The number of thiophene rings is 1. The quantitative estimate of drug-likeness (QED) is 0.250. The minimum Gasteiger partial charge on any atom is -0.459 e. The van der Waals surface area contributed by atoms with Crippen LogP contribution in [0.2, 0.25) is 0 Å². The van der Waals surface area contributed by atoms with Gasteiger partial charge in [0.2, 0.25) is 6.10 Å². The molecule has 1 unspecified atom stereocenters. The van der Waals surface area contributed by atoms with Gasteiger partial charge in [-0.2, -0.15) is 0 Å². The fourth-order valence-electron chi connectivity index (χ4n) is 9.34. The van der Waals surface area contributed by atoms with Crippen LogP contribution in [0.5, 0.6) is 0 Å². The van der Waals surface area contributed by atoms with Crippen molar-refractivity contribution in [3.8, 4) is 0 Å². The van der Waals surface area contributed by atoms with Crippen molar-refractivity contribution in [3.63, 3.8) is 0 Å². The first kappa shape index (κ1) is 48.4. The van der Waals surface area contributed by atoms with E-state index in [1.54, 1.807) is 64.2 Å². The number of oxime groups is 1. The number of likely N-dealkylation sites (N-methyl/N-ethyl adjacent to an activating group) is 1. The third kappa shape index (κ3) is 10.8. The number of aliphatic hydroxyl groups is 2. The van der Waals surface area contributed by atoms with E-state index in [1.807, 2.05) is 32.8 Å². The average molecular weight is 898 g/mol. The number of pyridine rings is 1. The molecule has 0 saturated carbocycles. The third-order valence-electron chi connectivity index (χ3n) is 12.8. The van der Waals surface area contributed by atoms with Gasteiger partial charge in [-0.15, -0.1) is 11.3 Å². The number of hydrogen-bond donors (Lipinski definition) is 3. The van der Waals surface area contributed by atoms with Crippen LogP contribution in [0.15, 0.2) is 46.7 Å². The Hall–Kier alpha value is -4.01. The van der Waals surface area contributed by atoms with Gasteiger partial charge in [0.1, 0.15) is 35.3 Å². The number of aliphatic hydroxyl groups excluding tert-OH is 1. The summed E-state index contributed by atoms with van der Waals surface area (Å²) in [5.41, 5.74) is -2.74. The smallest absolute Gasteiger partial charge is 0.316 e. The summed E-state index contributed by atoms with van der Waals surface area (Å²) < 4.78 is 32.4. The van der Waals surface area contributed by atoms with Crippen molar-refractivity contribution in [2.45, 2.75) is 141 Å². The summed E-state index contributed by atoms with van der Waals surface area (Å²) in [4.78, 5) is 73.9. The molecule has 17 nitrogen and oxygen atoms in total. The molecule has 0 aromatic carbocycles. The maximum absolute atomic E-state index is 14.5. The highest BCUT2D eigenvalue weighted by atomic mass is 32.1. The van der Waals surface area contributed by atoms with E-state index in [0.717, 1.165) is 0 Å². The molecule has 14 atom stereocenters. The molecule has 3 saturated heterocycles. The van der Waals surface area contributed by atoms with Crippen LogP contribution in [0.4, 0.5) is 5.82 Å². The Morgan fingerprint density at radius 3 is 2.48 bits per heavy atom. The molecule has 4 aliphatic heterocycles. The van der Waals surface area contributed by atoms with Crippen molar-refractivity contribution >= 4 is 52.1 Å². The highest BCUT2D eigenvalue weighted by molar-refractivity contribution is 7.14. The second-order valence-corrected chi connectivity index (χ2v) is 19.3. The van der Waals surface area contributed by atoms with Crippen LogP contribution < -0.4 is 5.32 Å². The molecule has 0 radical (unpaired) electrons. The normalized spacial score (nSPS) is 38.0. The van der Waals surface area contributed by atoms with Crippen LogP contribution in [0, 0.1) is 23.7 Å². The molecule has 6 heterocycles. The molecule has 18 heteroatoms. The maximum atomic E-state index is 14.5. The molecule has 4 bridgehead atoms. The Balaban J connectivity index is 1.44. The summed E-state index contributed by atoms with van der Waals surface area (Å²) >= 11 is 1.19. The van der Waals surface area contributed by atoms with Crippen LogP contribution in [-0.4, -0.2) is 143 Å². The monoisotopic (exact) mass is 897 g/mol.